The standard InChI is InChI=1S/C18H16O7/c1-11(19)25-15-9-4-3-7-13(15)18(22)24-10-12-6-5-8-14(16(12)20)17(21)23-2/h3-9,20H,10H2,1-2H3. The number of aromatic hydroxyl groups is 1. The van der Waals surface area contributed by atoms with Crippen molar-refractivity contribution in [3.63, 3.8) is 0 Å². The molecule has 2 rings (SSSR count). The van der Waals surface area contributed by atoms with E-state index in [1.807, 2.05) is 0 Å². The number of ether oxygens (including phenoxy) is 3. The summed E-state index contributed by atoms with van der Waals surface area (Å²) in [4.78, 5) is 34.9. The van der Waals surface area contributed by atoms with Gasteiger partial charge in [0.25, 0.3) is 0 Å². The van der Waals surface area contributed by atoms with Crippen molar-refractivity contribution < 1.29 is 33.7 Å². The number of carbonyl (C=O) groups is 3. The number of hydrogen-bond acceptors (Lipinski definition) is 7. The van der Waals surface area contributed by atoms with Crippen molar-refractivity contribution in [1.82, 2.24) is 0 Å². The summed E-state index contributed by atoms with van der Waals surface area (Å²) in [6, 6.07) is 10.6. The molecule has 2 aromatic carbocycles. The second kappa shape index (κ2) is 7.96. The predicted molar refractivity (Wildman–Crippen MR) is 86.3 cm³/mol. The Bertz CT molecular complexity index is 811. The molecule has 0 saturated heterocycles. The van der Waals surface area contributed by atoms with E-state index in [2.05, 4.69) is 4.74 Å². The van der Waals surface area contributed by atoms with Gasteiger partial charge in [0.15, 0.2) is 0 Å². The molecule has 0 spiro atoms. The van der Waals surface area contributed by atoms with Gasteiger partial charge >= 0.3 is 17.9 Å². The third kappa shape index (κ3) is 4.35. The van der Waals surface area contributed by atoms with Crippen molar-refractivity contribution in [3.8, 4) is 11.5 Å². The maximum absolute atomic E-state index is 12.2. The van der Waals surface area contributed by atoms with Crippen LogP contribution < -0.4 is 4.74 Å². The maximum atomic E-state index is 12.2. The first kappa shape index (κ1) is 18.0. The zero-order chi connectivity index (χ0) is 18.4. The summed E-state index contributed by atoms with van der Waals surface area (Å²) in [6.45, 7) is 0.947. The molecule has 0 aliphatic rings. The molecular weight excluding hydrogens is 328 g/mol. The number of phenolic OH excluding ortho intramolecular Hbond substituents is 1. The van der Waals surface area contributed by atoms with Gasteiger partial charge in [-0.1, -0.05) is 24.3 Å². The zero-order valence-corrected chi connectivity index (χ0v) is 13.6. The number of benzene rings is 2. The normalized spacial score (nSPS) is 10.0. The Morgan fingerprint density at radius 1 is 0.960 bits per heavy atom. The second-order valence-corrected chi connectivity index (χ2v) is 4.97. The fourth-order valence-electron chi connectivity index (χ4n) is 2.08. The fourth-order valence-corrected chi connectivity index (χ4v) is 2.08. The van der Waals surface area contributed by atoms with Crippen LogP contribution in [-0.4, -0.2) is 30.1 Å². The Morgan fingerprint density at radius 2 is 1.64 bits per heavy atom. The summed E-state index contributed by atoms with van der Waals surface area (Å²) >= 11 is 0. The van der Waals surface area contributed by atoms with E-state index in [1.54, 1.807) is 12.1 Å². The van der Waals surface area contributed by atoms with Gasteiger partial charge in [-0.25, -0.2) is 9.59 Å². The van der Waals surface area contributed by atoms with Crippen molar-refractivity contribution in [2.24, 2.45) is 0 Å². The molecule has 0 saturated carbocycles. The molecule has 25 heavy (non-hydrogen) atoms. The van der Waals surface area contributed by atoms with Crippen molar-refractivity contribution in [1.29, 1.82) is 0 Å². The van der Waals surface area contributed by atoms with Crippen molar-refractivity contribution in [2.75, 3.05) is 7.11 Å². The molecule has 1 N–H and O–H groups in total. The molecule has 0 aliphatic carbocycles. The van der Waals surface area contributed by atoms with Crippen molar-refractivity contribution in [2.45, 2.75) is 13.5 Å². The number of methoxy groups -OCH3 is 1. The van der Waals surface area contributed by atoms with Crippen molar-refractivity contribution in [3.05, 3.63) is 59.2 Å². The van der Waals surface area contributed by atoms with E-state index in [9.17, 15) is 19.5 Å². The molecule has 0 fully saturated rings. The summed E-state index contributed by atoms with van der Waals surface area (Å²) in [5.41, 5.74) is 0.277. The monoisotopic (exact) mass is 344 g/mol. The highest BCUT2D eigenvalue weighted by atomic mass is 16.5. The average Bonchev–Trinajstić information content (AvgIpc) is 2.60. The maximum Gasteiger partial charge on any atom is 0.342 e. The van der Waals surface area contributed by atoms with Crippen molar-refractivity contribution >= 4 is 17.9 Å². The van der Waals surface area contributed by atoms with Crippen LogP contribution in [0.2, 0.25) is 0 Å². The number of rotatable bonds is 5. The van der Waals surface area contributed by atoms with Crippen LogP contribution in [0, 0.1) is 0 Å². The highest BCUT2D eigenvalue weighted by Crippen LogP contribution is 2.25. The lowest BCUT2D eigenvalue weighted by Gasteiger charge is -2.11. The Morgan fingerprint density at radius 3 is 2.32 bits per heavy atom. The molecule has 0 unspecified atom stereocenters. The topological polar surface area (TPSA) is 99.1 Å². The molecule has 2 aromatic rings. The number of esters is 3. The van der Waals surface area contributed by atoms with E-state index in [0.717, 1.165) is 0 Å². The molecule has 0 aliphatic heterocycles. The largest absolute Gasteiger partial charge is 0.507 e. The van der Waals surface area contributed by atoms with Crippen LogP contribution in [0.5, 0.6) is 11.5 Å². The molecule has 0 atom stereocenters. The summed E-state index contributed by atoms with van der Waals surface area (Å²) in [5.74, 6) is -2.25. The summed E-state index contributed by atoms with van der Waals surface area (Å²) < 4.78 is 14.7. The van der Waals surface area contributed by atoms with Crippen LogP contribution >= 0.6 is 0 Å². The van der Waals surface area contributed by atoms with E-state index in [4.69, 9.17) is 9.47 Å². The Hall–Kier alpha value is -3.35. The van der Waals surface area contributed by atoms with Crippen LogP contribution in [0.3, 0.4) is 0 Å². The summed E-state index contributed by atoms with van der Waals surface area (Å²) in [6.07, 6.45) is 0. The van der Waals surface area contributed by atoms with Crippen LogP contribution in [0.15, 0.2) is 42.5 Å². The molecular formula is C18H16O7. The Kier molecular flexibility index (Phi) is 5.73. The quantitative estimate of drug-likeness (QED) is 0.657. The van der Waals surface area contributed by atoms with E-state index in [0.29, 0.717) is 0 Å². The van der Waals surface area contributed by atoms with Crippen LogP contribution in [0.4, 0.5) is 0 Å². The second-order valence-electron chi connectivity index (χ2n) is 4.97. The number of phenols is 1. The van der Waals surface area contributed by atoms with Gasteiger partial charge < -0.3 is 19.3 Å². The van der Waals surface area contributed by atoms with E-state index in [1.165, 1.54) is 44.4 Å². The fraction of sp³-hybridized carbons (Fsp3) is 0.167. The van der Waals surface area contributed by atoms with E-state index >= 15 is 0 Å². The van der Waals surface area contributed by atoms with E-state index in [-0.39, 0.29) is 34.8 Å². The molecule has 0 radical (unpaired) electrons. The molecule has 0 aromatic heterocycles. The van der Waals surface area contributed by atoms with Gasteiger partial charge in [-0.15, -0.1) is 0 Å². The van der Waals surface area contributed by atoms with Gasteiger partial charge in [0.05, 0.1) is 7.11 Å². The van der Waals surface area contributed by atoms with Gasteiger partial charge in [-0.3, -0.25) is 4.79 Å². The number of hydrogen-bond donors (Lipinski definition) is 1. The van der Waals surface area contributed by atoms with Gasteiger partial charge in [0, 0.05) is 12.5 Å². The average molecular weight is 344 g/mol. The minimum atomic E-state index is -0.736. The zero-order valence-electron chi connectivity index (χ0n) is 13.6. The highest BCUT2D eigenvalue weighted by molar-refractivity contribution is 5.94. The predicted octanol–water partition coefficient (Wildman–Crippen LogP) is 2.46. The highest BCUT2D eigenvalue weighted by Gasteiger charge is 2.18. The van der Waals surface area contributed by atoms with Crippen LogP contribution in [-0.2, 0) is 20.9 Å². The first-order valence-corrected chi connectivity index (χ1v) is 7.27. The van der Waals surface area contributed by atoms with E-state index < -0.39 is 17.9 Å². The lowest BCUT2D eigenvalue weighted by Crippen LogP contribution is -2.11. The molecule has 0 heterocycles. The van der Waals surface area contributed by atoms with Crippen LogP contribution in [0.1, 0.15) is 33.2 Å². The van der Waals surface area contributed by atoms with Gasteiger partial charge in [0.1, 0.15) is 29.2 Å². The number of carbonyl (C=O) groups excluding carboxylic acids is 3. The third-order valence-corrected chi connectivity index (χ3v) is 3.24. The van der Waals surface area contributed by atoms with Crippen LogP contribution in [0.25, 0.3) is 0 Å². The Balaban J connectivity index is 2.16. The summed E-state index contributed by atoms with van der Waals surface area (Å²) in [5, 5.41) is 10.1. The molecule has 7 nitrogen and oxygen atoms in total. The minimum absolute atomic E-state index is 0.0311. The minimum Gasteiger partial charge on any atom is -0.507 e. The first-order chi connectivity index (χ1) is 11.9. The molecule has 7 heteroatoms. The third-order valence-electron chi connectivity index (χ3n) is 3.24. The lowest BCUT2D eigenvalue weighted by atomic mass is 10.1. The Labute approximate surface area is 143 Å². The van der Waals surface area contributed by atoms with Gasteiger partial charge in [0.2, 0.25) is 0 Å². The molecule has 0 bridgehead atoms. The molecule has 0 amide bonds. The molecule has 130 valence electrons. The first-order valence-electron chi connectivity index (χ1n) is 7.27. The lowest BCUT2D eigenvalue weighted by molar-refractivity contribution is -0.131. The SMILES string of the molecule is COC(=O)c1cccc(COC(=O)c2ccccc2OC(C)=O)c1O. The van der Waals surface area contributed by atoms with Gasteiger partial charge in [-0.2, -0.15) is 0 Å². The number of para-hydroxylation sites is 2. The van der Waals surface area contributed by atoms with Gasteiger partial charge in [-0.05, 0) is 18.2 Å². The summed E-state index contributed by atoms with van der Waals surface area (Å²) in [7, 11) is 1.19. The smallest absolute Gasteiger partial charge is 0.342 e.